The van der Waals surface area contributed by atoms with Gasteiger partial charge in [-0.3, -0.25) is 0 Å². The van der Waals surface area contributed by atoms with Gasteiger partial charge in [-0.1, -0.05) is 50.2 Å². The number of benzene rings is 2. The summed E-state index contributed by atoms with van der Waals surface area (Å²) >= 11 is 0. The molecule has 1 saturated heterocycles. The van der Waals surface area contributed by atoms with Crippen LogP contribution in [0.5, 0.6) is 5.75 Å². The zero-order chi connectivity index (χ0) is 18.1. The van der Waals surface area contributed by atoms with E-state index in [4.69, 9.17) is 9.47 Å². The van der Waals surface area contributed by atoms with Crippen LogP contribution in [0, 0.1) is 12.3 Å². The van der Waals surface area contributed by atoms with E-state index in [1.807, 2.05) is 0 Å². The Morgan fingerprint density at radius 3 is 2.85 bits per heavy atom. The van der Waals surface area contributed by atoms with E-state index >= 15 is 0 Å². The summed E-state index contributed by atoms with van der Waals surface area (Å²) in [5.74, 6) is 0.997. The van der Waals surface area contributed by atoms with Crippen LogP contribution in [0.4, 0.5) is 0 Å². The summed E-state index contributed by atoms with van der Waals surface area (Å²) in [5.41, 5.74) is 5.58. The Labute approximate surface area is 156 Å². The van der Waals surface area contributed by atoms with Gasteiger partial charge in [-0.25, -0.2) is 0 Å². The van der Waals surface area contributed by atoms with Gasteiger partial charge in [0.25, 0.3) is 0 Å². The highest BCUT2D eigenvalue weighted by atomic mass is 16.5. The number of aryl methyl sites for hydroxylation is 1. The largest absolute Gasteiger partial charge is 0.488 e. The summed E-state index contributed by atoms with van der Waals surface area (Å²) in [6, 6.07) is 15.7. The molecule has 3 heteroatoms. The van der Waals surface area contributed by atoms with Crippen molar-refractivity contribution >= 4 is 0 Å². The van der Waals surface area contributed by atoms with E-state index in [1.165, 1.54) is 22.3 Å². The molecule has 0 saturated carbocycles. The van der Waals surface area contributed by atoms with Crippen molar-refractivity contribution in [2.45, 2.75) is 52.3 Å². The summed E-state index contributed by atoms with van der Waals surface area (Å²) in [7, 11) is 0. The van der Waals surface area contributed by atoms with Crippen molar-refractivity contribution in [2.75, 3.05) is 13.2 Å². The van der Waals surface area contributed by atoms with Gasteiger partial charge in [0.1, 0.15) is 11.9 Å². The van der Waals surface area contributed by atoms with Crippen LogP contribution in [-0.2, 0) is 17.7 Å². The van der Waals surface area contributed by atoms with Crippen molar-refractivity contribution in [1.29, 1.82) is 0 Å². The lowest BCUT2D eigenvalue weighted by Gasteiger charge is -2.29. The first-order chi connectivity index (χ1) is 12.5. The number of fused-ring (bicyclic) bond motifs is 1. The normalized spacial score (nSPS) is 23.8. The molecule has 0 spiro atoms. The topological polar surface area (TPSA) is 30.5 Å². The van der Waals surface area contributed by atoms with Crippen LogP contribution in [0.1, 0.15) is 48.6 Å². The molecule has 2 atom stereocenters. The van der Waals surface area contributed by atoms with Gasteiger partial charge in [-0.2, -0.15) is 0 Å². The molecule has 26 heavy (non-hydrogen) atoms. The number of rotatable bonds is 5. The third-order valence-electron chi connectivity index (χ3n) is 5.69. The predicted molar refractivity (Wildman–Crippen MR) is 105 cm³/mol. The molecule has 4 rings (SSSR count). The highest BCUT2D eigenvalue weighted by Gasteiger charge is 2.38. The zero-order valence-corrected chi connectivity index (χ0v) is 16.0. The maximum absolute atomic E-state index is 6.26. The van der Waals surface area contributed by atoms with Crippen molar-refractivity contribution in [2.24, 2.45) is 5.41 Å². The molecule has 2 aromatic rings. The number of ether oxygens (including phenoxy) is 2. The second kappa shape index (κ2) is 7.05. The second-order valence-electron chi connectivity index (χ2n) is 8.39. The SMILES string of the molecule is Cc1ccc(CNC2c3ccccc3CC2(C)C)c(OC2CCOC2)c1. The Balaban J connectivity index is 1.52. The Bertz CT molecular complexity index is 778. The van der Waals surface area contributed by atoms with Crippen molar-refractivity contribution < 1.29 is 9.47 Å². The average molecular weight is 351 g/mol. The van der Waals surface area contributed by atoms with Crippen LogP contribution >= 0.6 is 0 Å². The van der Waals surface area contributed by atoms with E-state index in [-0.39, 0.29) is 11.5 Å². The van der Waals surface area contributed by atoms with Gasteiger partial charge < -0.3 is 14.8 Å². The van der Waals surface area contributed by atoms with E-state index in [2.05, 4.69) is 68.6 Å². The lowest BCUT2D eigenvalue weighted by molar-refractivity contribution is 0.140. The maximum Gasteiger partial charge on any atom is 0.124 e. The van der Waals surface area contributed by atoms with E-state index in [0.717, 1.165) is 31.7 Å². The van der Waals surface area contributed by atoms with Gasteiger partial charge in [0.05, 0.1) is 13.2 Å². The fourth-order valence-corrected chi connectivity index (χ4v) is 4.29. The second-order valence-corrected chi connectivity index (χ2v) is 8.39. The van der Waals surface area contributed by atoms with Gasteiger partial charge in [0.15, 0.2) is 0 Å². The van der Waals surface area contributed by atoms with Crippen LogP contribution in [0.2, 0.25) is 0 Å². The molecule has 0 radical (unpaired) electrons. The Morgan fingerprint density at radius 1 is 1.19 bits per heavy atom. The fraction of sp³-hybridized carbons (Fsp3) is 0.478. The third-order valence-corrected chi connectivity index (χ3v) is 5.69. The lowest BCUT2D eigenvalue weighted by Crippen LogP contribution is -2.31. The first-order valence-corrected chi connectivity index (χ1v) is 9.68. The van der Waals surface area contributed by atoms with E-state index in [9.17, 15) is 0 Å². The van der Waals surface area contributed by atoms with E-state index < -0.39 is 0 Å². The van der Waals surface area contributed by atoms with Gasteiger partial charge >= 0.3 is 0 Å². The molecule has 2 aliphatic rings. The van der Waals surface area contributed by atoms with Crippen molar-refractivity contribution in [3.8, 4) is 5.75 Å². The minimum absolute atomic E-state index is 0.180. The van der Waals surface area contributed by atoms with Gasteiger partial charge in [-0.15, -0.1) is 0 Å². The average Bonchev–Trinajstić information content (AvgIpc) is 3.19. The van der Waals surface area contributed by atoms with Crippen molar-refractivity contribution in [3.63, 3.8) is 0 Å². The van der Waals surface area contributed by atoms with Crippen LogP contribution < -0.4 is 10.1 Å². The van der Waals surface area contributed by atoms with Gasteiger partial charge in [0, 0.05) is 24.6 Å². The molecular weight excluding hydrogens is 322 g/mol. The minimum atomic E-state index is 0.180. The Morgan fingerprint density at radius 2 is 2.04 bits per heavy atom. The molecule has 2 aromatic carbocycles. The first kappa shape index (κ1) is 17.6. The van der Waals surface area contributed by atoms with Gasteiger partial charge in [0.2, 0.25) is 0 Å². The smallest absolute Gasteiger partial charge is 0.124 e. The van der Waals surface area contributed by atoms with Crippen LogP contribution in [0.15, 0.2) is 42.5 Å². The molecule has 1 heterocycles. The van der Waals surface area contributed by atoms with Crippen LogP contribution in [0.3, 0.4) is 0 Å². The molecular formula is C23H29NO2. The molecule has 0 amide bonds. The molecule has 2 unspecified atom stereocenters. The highest BCUT2D eigenvalue weighted by molar-refractivity contribution is 5.40. The number of nitrogens with one attached hydrogen (secondary N) is 1. The quantitative estimate of drug-likeness (QED) is 0.855. The lowest BCUT2D eigenvalue weighted by atomic mass is 9.85. The molecule has 1 aliphatic heterocycles. The number of hydrogen-bond acceptors (Lipinski definition) is 3. The summed E-state index contributed by atoms with van der Waals surface area (Å²) in [5, 5.41) is 3.82. The summed E-state index contributed by atoms with van der Waals surface area (Å²) in [6.07, 6.45) is 2.28. The molecule has 138 valence electrons. The molecule has 0 aromatic heterocycles. The molecule has 0 bridgehead atoms. The van der Waals surface area contributed by atoms with E-state index in [1.54, 1.807) is 0 Å². The van der Waals surface area contributed by atoms with Crippen molar-refractivity contribution in [3.05, 3.63) is 64.7 Å². The zero-order valence-electron chi connectivity index (χ0n) is 16.0. The fourth-order valence-electron chi connectivity index (χ4n) is 4.29. The summed E-state index contributed by atoms with van der Waals surface area (Å²) < 4.78 is 11.7. The monoisotopic (exact) mass is 351 g/mol. The summed E-state index contributed by atoms with van der Waals surface area (Å²) in [6.45, 7) is 9.14. The minimum Gasteiger partial charge on any atom is -0.488 e. The Kier molecular flexibility index (Phi) is 4.76. The predicted octanol–water partition coefficient (Wildman–Crippen LogP) is 4.58. The highest BCUT2D eigenvalue weighted by Crippen LogP contribution is 2.45. The summed E-state index contributed by atoms with van der Waals surface area (Å²) in [4.78, 5) is 0. The first-order valence-electron chi connectivity index (χ1n) is 9.68. The van der Waals surface area contributed by atoms with Crippen LogP contribution in [-0.4, -0.2) is 19.3 Å². The number of hydrogen-bond donors (Lipinski definition) is 1. The van der Waals surface area contributed by atoms with Crippen molar-refractivity contribution in [1.82, 2.24) is 5.32 Å². The van der Waals surface area contributed by atoms with Crippen LogP contribution in [0.25, 0.3) is 0 Å². The maximum atomic E-state index is 6.26. The molecule has 1 fully saturated rings. The molecule has 1 aliphatic carbocycles. The third kappa shape index (κ3) is 3.51. The van der Waals surface area contributed by atoms with Gasteiger partial charge in [-0.05, 0) is 41.5 Å². The Hall–Kier alpha value is -1.84. The van der Waals surface area contributed by atoms with E-state index in [0.29, 0.717) is 12.6 Å². The molecule has 1 N–H and O–H groups in total. The molecule has 3 nitrogen and oxygen atoms in total. The standard InChI is InChI=1S/C23H29NO2/c1-16-8-9-18(21(12-16)26-19-10-11-25-15-19)14-24-22-20-7-5-4-6-17(20)13-23(22,2)3/h4-9,12,19,22,24H,10-11,13-15H2,1-3H3.